The Morgan fingerprint density at radius 3 is 1.37 bits per heavy atom. The molecule has 5 aromatic heterocycles. The lowest BCUT2D eigenvalue weighted by atomic mass is 10.2. The number of benzene rings is 13. The molecule has 18 aromatic rings. The number of aromatic hydroxyl groups is 4. The van der Waals surface area contributed by atoms with Crippen LogP contribution in [-0.2, 0) is 33.3 Å². The Kier molecular flexibility index (Phi) is 34.6. The predicted octanol–water partition coefficient (Wildman–Crippen LogP) is 25.6. The van der Waals surface area contributed by atoms with Gasteiger partial charge in [-0.2, -0.15) is 5.26 Å². The smallest absolute Gasteiger partial charge is 0.278 e. The first-order chi connectivity index (χ1) is 69.3. The third kappa shape index (κ3) is 25.9. The van der Waals surface area contributed by atoms with Crippen molar-refractivity contribution in [2.24, 2.45) is 39.1 Å². The van der Waals surface area contributed by atoms with E-state index in [0.29, 0.717) is 86.4 Å². The summed E-state index contributed by atoms with van der Waals surface area (Å²) in [7, 11) is 3.03. The number of thiazole rings is 1. The number of aliphatic imine (C=N–C) groups is 5. The maximum Gasteiger partial charge on any atom is 0.278 e. The average molecular weight is 2200 g/mol. The van der Waals surface area contributed by atoms with Crippen LogP contribution in [0.1, 0.15) is 45.1 Å². The van der Waals surface area contributed by atoms with Gasteiger partial charge >= 0.3 is 0 Å². The van der Waals surface area contributed by atoms with Gasteiger partial charge in [-0.3, -0.25) is 33.3 Å². The van der Waals surface area contributed by atoms with Gasteiger partial charge in [0.05, 0.1) is 128 Å². The monoisotopic (exact) mass is 2190 g/mol. The standard InChI is InChI=1S/C24H18Cl2N4O3.C22H13Cl3N4O3.C22H14Cl3N3O2S.C16H11Cl2FN6O2.C16H9Cl2N3O/c1-13-7-3-5-9-18(13)29-23(32)20(27-14-11-16(25)21(31)17(26)12-14)22-28-19-10-6-4-8-15(19)24(33)30(22)2;23-13-6-2-4-8-17(13)28-22(32)18(26-11-9-14(24)19(30)15(25)10-11)20-27-16-7-3-1-5-12(16)21(31)29-20;1-11-6-7-13(23)17(8-11)27-21(30)19(22-28-16-4-2-3-5-18(16)31-22)26-12-9-14(24)20(29)15(25)10-12;1-25-15(22-23-24-25)13(16(27)21-12-5-3-2-4-11(12)19)20-8-6-9(17)14(26)10(18)7-8;1-9-11(17)6-10(7-12(9)18)20-14(8-19)16-21-13-4-2-3-5-15(13)22-16/h3-12,31H,1-2H3,(H,29,32);1-10,30H,(H,28,32)(H,27,29,31);2-10,29H,1H3,(H,27,30);2-7,26H,1H3,(H,21,27);2-7H,1H3. The summed E-state index contributed by atoms with van der Waals surface area (Å²) in [6.45, 7) is 5.56. The first-order valence-electron chi connectivity index (χ1n) is 41.8. The lowest BCUT2D eigenvalue weighted by Gasteiger charge is -2.13. The number of tetrazole rings is 1. The van der Waals surface area contributed by atoms with Crippen molar-refractivity contribution in [1.82, 2.24) is 49.7 Å². The van der Waals surface area contributed by atoms with Gasteiger partial charge in [0.25, 0.3) is 40.6 Å². The highest BCUT2D eigenvalue weighted by Gasteiger charge is 2.28. The number of carbonyl (C=O) groups excluding carboxylic acids is 4. The molecule has 0 unspecified atom stereocenters. The molecule has 0 radical (unpaired) electrons. The van der Waals surface area contributed by atoms with Crippen LogP contribution in [0.3, 0.4) is 0 Å². The van der Waals surface area contributed by atoms with Crippen LogP contribution in [0.4, 0.5) is 55.6 Å². The van der Waals surface area contributed by atoms with E-state index in [-0.39, 0.29) is 143 Å². The average Bonchev–Trinajstić information content (AvgIpc) is 1.42. The number of aromatic amines is 1. The molecule has 0 bridgehead atoms. The van der Waals surface area contributed by atoms with E-state index < -0.39 is 35.0 Å². The van der Waals surface area contributed by atoms with Crippen molar-refractivity contribution in [1.29, 1.82) is 5.26 Å². The van der Waals surface area contributed by atoms with Crippen molar-refractivity contribution in [2.75, 3.05) is 21.3 Å². The van der Waals surface area contributed by atoms with Crippen molar-refractivity contribution >= 4 is 297 Å². The number of phenols is 4. The summed E-state index contributed by atoms with van der Waals surface area (Å²) in [5.74, 6) is -4.10. The number of amides is 4. The zero-order valence-corrected chi connectivity index (χ0v) is 84.7. The van der Waals surface area contributed by atoms with Gasteiger partial charge < -0.3 is 51.1 Å². The number of para-hydroxylation sites is 8. The number of hydrogen-bond donors (Lipinski definition) is 9. The van der Waals surface area contributed by atoms with E-state index in [1.807, 2.05) is 81.4 Å². The fourth-order valence-corrected chi connectivity index (χ4v) is 16.7. The van der Waals surface area contributed by atoms with Crippen molar-refractivity contribution in [2.45, 2.75) is 20.8 Å². The van der Waals surface area contributed by atoms with Gasteiger partial charge in [-0.05, 0) is 200 Å². The first-order valence-corrected chi connectivity index (χ1v) is 47.2. The summed E-state index contributed by atoms with van der Waals surface area (Å²) in [5, 5.41) is 72.7. The Morgan fingerprint density at radius 1 is 0.421 bits per heavy atom. The van der Waals surface area contributed by atoms with E-state index in [0.717, 1.165) is 26.9 Å². The highest BCUT2D eigenvalue weighted by Crippen LogP contribution is 2.42. The number of anilines is 4. The number of nitriles is 1. The van der Waals surface area contributed by atoms with E-state index in [1.165, 1.54) is 101 Å². The Balaban J connectivity index is 0.000000144. The van der Waals surface area contributed by atoms with Crippen molar-refractivity contribution < 1.29 is 48.4 Å². The maximum atomic E-state index is 13.8. The van der Waals surface area contributed by atoms with Crippen LogP contribution in [0.25, 0.3) is 43.1 Å². The molecule has 5 heterocycles. The second-order valence-electron chi connectivity index (χ2n) is 30.4. The van der Waals surface area contributed by atoms with Crippen LogP contribution in [0.2, 0.25) is 60.3 Å². The summed E-state index contributed by atoms with van der Waals surface area (Å²) >= 11 is 73.8. The van der Waals surface area contributed by atoms with Crippen LogP contribution in [0, 0.1) is 37.9 Å². The number of hydrogen-bond acceptors (Lipinski definition) is 25. The normalized spacial score (nSPS) is 11.6. The zero-order chi connectivity index (χ0) is 104. The summed E-state index contributed by atoms with van der Waals surface area (Å²) in [5.41, 5.74) is 6.86. The minimum atomic E-state index is -0.752. The molecule has 9 N–H and O–H groups in total. The Labute approximate surface area is 883 Å². The Morgan fingerprint density at radius 2 is 0.841 bits per heavy atom. The lowest BCUT2D eigenvalue weighted by Crippen LogP contribution is -2.32. The molecular weight excluding hydrogens is 2130 g/mol. The van der Waals surface area contributed by atoms with E-state index in [2.05, 4.69) is 86.7 Å². The molecule has 0 saturated heterocycles. The number of aromatic nitrogens is 10. The molecule has 13 aromatic carbocycles. The van der Waals surface area contributed by atoms with E-state index in [4.69, 9.17) is 144 Å². The van der Waals surface area contributed by atoms with Crippen molar-refractivity contribution in [3.8, 4) is 29.1 Å². The highest BCUT2D eigenvalue weighted by atomic mass is 35.5. The molecule has 145 heavy (non-hydrogen) atoms. The second-order valence-corrected chi connectivity index (χ2v) is 36.3. The lowest BCUT2D eigenvalue weighted by molar-refractivity contribution is -0.111. The summed E-state index contributed by atoms with van der Waals surface area (Å²) < 4.78 is 22.8. The number of fused-ring (bicyclic) bond motifs is 4. The number of aryl methyl sites for hydroxylation is 3. The molecule has 0 fully saturated rings. The van der Waals surface area contributed by atoms with Crippen LogP contribution < -0.4 is 32.4 Å². The van der Waals surface area contributed by atoms with Crippen LogP contribution in [0.5, 0.6) is 23.0 Å². The third-order valence-corrected chi connectivity index (χ3v) is 25.1. The SMILES string of the molecule is Cc1c(Cl)cc(N=C(C#N)c2nc3ccccc3o2)cc1Cl.Cc1ccc(Cl)c(NC(=O)C(=Nc2cc(Cl)c(O)c(Cl)c2)c2nc3ccccc3s2)c1.Cc1ccccc1NC(=O)C(=Nc1cc(Cl)c(O)c(Cl)c1)c1nc2ccccc2c(=O)n1C.Cn1nnnc1C(=Nc1cc(Cl)c(O)c(Cl)c1)C(=O)Nc1ccccc1F.O=C(Nc1ccccc1Cl)C(=Nc1cc(Cl)c(O)c(Cl)c1)c1nc2ccccc2c(=O)[nH]1. The van der Waals surface area contributed by atoms with Crippen LogP contribution in [0.15, 0.2) is 288 Å². The topological polar surface area (TPSA) is 446 Å². The van der Waals surface area contributed by atoms with Gasteiger partial charge in [0.1, 0.15) is 22.4 Å². The highest BCUT2D eigenvalue weighted by molar-refractivity contribution is 7.21. The quantitative estimate of drug-likeness (QED) is 0.0360. The summed E-state index contributed by atoms with van der Waals surface area (Å²) in [4.78, 5) is 120. The van der Waals surface area contributed by atoms with E-state index in [9.17, 15) is 58.8 Å². The Bertz CT molecular complexity index is 8360. The zero-order valence-electron chi connectivity index (χ0n) is 74.8. The maximum absolute atomic E-state index is 13.8. The molecule has 31 nitrogen and oxygen atoms in total. The number of H-pyrrole nitrogens is 1. The summed E-state index contributed by atoms with van der Waals surface area (Å²) in [6.07, 6.45) is 0. The number of carbonyl (C=O) groups is 4. The summed E-state index contributed by atoms with van der Waals surface area (Å²) in [6, 6.07) is 69.3. The van der Waals surface area contributed by atoms with Crippen molar-refractivity contribution in [3.63, 3.8) is 0 Å². The molecule has 0 aliphatic heterocycles. The number of halogens is 13. The molecular formula is C100H65Cl12FN20O11S. The first kappa shape index (κ1) is 106. The van der Waals surface area contributed by atoms with Gasteiger partial charge in [-0.1, -0.05) is 236 Å². The van der Waals surface area contributed by atoms with E-state index in [1.54, 1.807) is 127 Å². The third-order valence-electron chi connectivity index (χ3n) is 20.3. The van der Waals surface area contributed by atoms with Gasteiger partial charge in [0, 0.05) is 29.8 Å². The number of nitrogens with one attached hydrogen (secondary N) is 5. The molecule has 0 aliphatic rings. The molecule has 0 atom stereocenters. The van der Waals surface area contributed by atoms with Gasteiger partial charge in [0.15, 0.2) is 63.1 Å². The number of oxazole rings is 1. The van der Waals surface area contributed by atoms with Gasteiger partial charge in [-0.25, -0.2) is 54.0 Å². The molecule has 0 aliphatic carbocycles. The van der Waals surface area contributed by atoms with Crippen LogP contribution in [-0.4, -0.2) is 122 Å². The second kappa shape index (κ2) is 47.4. The number of rotatable bonds is 18. The molecule has 728 valence electrons. The van der Waals surface area contributed by atoms with Crippen LogP contribution >= 0.6 is 151 Å². The van der Waals surface area contributed by atoms with E-state index >= 15 is 0 Å². The molecule has 0 saturated carbocycles. The van der Waals surface area contributed by atoms with Crippen molar-refractivity contribution in [3.05, 3.63) is 381 Å². The fourth-order valence-electron chi connectivity index (χ4n) is 13.0. The molecule has 45 heteroatoms. The Hall–Kier alpha value is -15.1. The van der Waals surface area contributed by atoms with Gasteiger partial charge in [0.2, 0.25) is 11.5 Å². The minimum Gasteiger partial charge on any atom is -0.505 e. The van der Waals surface area contributed by atoms with Gasteiger partial charge in [-0.15, -0.1) is 16.4 Å². The molecule has 18 rings (SSSR count). The minimum absolute atomic E-state index is 0.0250. The number of nitrogens with zero attached hydrogens (tertiary/aromatic N) is 15. The largest absolute Gasteiger partial charge is 0.505 e. The fraction of sp³-hybridized carbons (Fsp3) is 0.0500. The molecule has 0 spiro atoms. The molecule has 4 amide bonds. The predicted molar refractivity (Wildman–Crippen MR) is 572 cm³/mol. The number of phenolic OH excluding ortho intramolecular Hbond substituents is 4.